The summed E-state index contributed by atoms with van der Waals surface area (Å²) in [7, 11) is 1.44. The molecular formula is C15H22ClFN2O2. The Kier molecular flexibility index (Phi) is 7.47. The van der Waals surface area contributed by atoms with Crippen LogP contribution in [0.15, 0.2) is 18.2 Å². The van der Waals surface area contributed by atoms with Crippen molar-refractivity contribution in [1.29, 1.82) is 0 Å². The fourth-order valence-corrected chi connectivity index (χ4v) is 1.99. The predicted octanol–water partition coefficient (Wildman–Crippen LogP) is 1.91. The minimum Gasteiger partial charge on any atom is -0.494 e. The van der Waals surface area contributed by atoms with Crippen LogP contribution in [0.4, 0.5) is 4.39 Å². The monoisotopic (exact) mass is 316 g/mol. The van der Waals surface area contributed by atoms with Crippen LogP contribution in [-0.4, -0.2) is 32.7 Å². The fourth-order valence-electron chi connectivity index (χ4n) is 1.99. The van der Waals surface area contributed by atoms with Crippen LogP contribution in [-0.2, 0) is 11.2 Å². The minimum atomic E-state index is -0.373. The molecular weight excluding hydrogens is 295 g/mol. The van der Waals surface area contributed by atoms with Gasteiger partial charge in [0.2, 0.25) is 5.91 Å². The normalized spacial score (nSPS) is 13.4. The summed E-state index contributed by atoms with van der Waals surface area (Å²) in [6.45, 7) is 1.79. The molecule has 21 heavy (non-hydrogen) atoms. The third-order valence-electron chi connectivity index (χ3n) is 3.37. The summed E-state index contributed by atoms with van der Waals surface area (Å²) < 4.78 is 18.3. The first-order chi connectivity index (χ1) is 9.69. The largest absolute Gasteiger partial charge is 0.494 e. The van der Waals surface area contributed by atoms with E-state index in [1.54, 1.807) is 12.1 Å². The number of rotatable bonds is 8. The lowest BCUT2D eigenvalue weighted by Gasteiger charge is -2.07. The number of benzene rings is 1. The standard InChI is InChI=1S/C15H21FN2O2.ClH/c1-20-14-5-4-11(8-13(14)16)6-7-18-15(19)10-17-9-12-2-3-12;/h4-5,8,12,17H,2-3,6-7,9-10H2,1H3,(H,18,19);1H. The number of methoxy groups -OCH3 is 1. The molecule has 1 aliphatic rings. The van der Waals surface area contributed by atoms with E-state index >= 15 is 0 Å². The highest BCUT2D eigenvalue weighted by molar-refractivity contribution is 5.85. The molecule has 0 atom stereocenters. The topological polar surface area (TPSA) is 50.4 Å². The van der Waals surface area contributed by atoms with Gasteiger partial charge < -0.3 is 15.4 Å². The van der Waals surface area contributed by atoms with E-state index in [0.717, 1.165) is 18.0 Å². The molecule has 1 aromatic carbocycles. The highest BCUT2D eigenvalue weighted by Crippen LogP contribution is 2.27. The SMILES string of the molecule is COc1ccc(CCNC(=O)CNCC2CC2)cc1F.Cl. The van der Waals surface area contributed by atoms with Crippen LogP contribution in [0.1, 0.15) is 18.4 Å². The summed E-state index contributed by atoms with van der Waals surface area (Å²) in [5, 5.41) is 5.95. The number of nitrogens with one attached hydrogen (secondary N) is 2. The van der Waals surface area contributed by atoms with Crippen LogP contribution in [0, 0.1) is 11.7 Å². The van der Waals surface area contributed by atoms with Crippen molar-refractivity contribution in [1.82, 2.24) is 10.6 Å². The molecule has 0 unspecified atom stereocenters. The van der Waals surface area contributed by atoms with Crippen molar-refractivity contribution >= 4 is 18.3 Å². The number of hydrogen-bond donors (Lipinski definition) is 2. The van der Waals surface area contributed by atoms with E-state index in [1.807, 2.05) is 0 Å². The first kappa shape index (κ1) is 17.7. The predicted molar refractivity (Wildman–Crippen MR) is 82.5 cm³/mol. The van der Waals surface area contributed by atoms with Gasteiger partial charge in [-0.15, -0.1) is 12.4 Å². The molecule has 0 aliphatic heterocycles. The third-order valence-corrected chi connectivity index (χ3v) is 3.37. The second-order valence-electron chi connectivity index (χ2n) is 5.14. The van der Waals surface area contributed by atoms with Gasteiger partial charge in [-0.3, -0.25) is 4.79 Å². The molecule has 6 heteroatoms. The molecule has 118 valence electrons. The van der Waals surface area contributed by atoms with Crippen molar-refractivity contribution in [3.8, 4) is 5.75 Å². The smallest absolute Gasteiger partial charge is 0.233 e. The first-order valence-electron chi connectivity index (χ1n) is 6.99. The second-order valence-corrected chi connectivity index (χ2v) is 5.14. The zero-order valence-corrected chi connectivity index (χ0v) is 13.0. The van der Waals surface area contributed by atoms with Crippen LogP contribution in [0.2, 0.25) is 0 Å². The van der Waals surface area contributed by atoms with Crippen molar-refractivity contribution < 1.29 is 13.9 Å². The van der Waals surface area contributed by atoms with E-state index in [0.29, 0.717) is 19.5 Å². The fraction of sp³-hybridized carbons (Fsp3) is 0.533. The van der Waals surface area contributed by atoms with Crippen molar-refractivity contribution in [2.24, 2.45) is 5.92 Å². The third kappa shape index (κ3) is 6.31. The maximum Gasteiger partial charge on any atom is 0.233 e. The Morgan fingerprint density at radius 2 is 2.19 bits per heavy atom. The molecule has 0 radical (unpaired) electrons. The molecule has 1 amide bonds. The average molecular weight is 317 g/mol. The van der Waals surface area contributed by atoms with E-state index in [1.165, 1.54) is 26.0 Å². The van der Waals surface area contributed by atoms with Gasteiger partial charge in [0.15, 0.2) is 11.6 Å². The van der Waals surface area contributed by atoms with Gasteiger partial charge in [0.1, 0.15) is 0 Å². The van der Waals surface area contributed by atoms with Crippen LogP contribution in [0.5, 0.6) is 5.75 Å². The number of carbonyl (C=O) groups is 1. The average Bonchev–Trinajstić information content (AvgIpc) is 3.23. The highest BCUT2D eigenvalue weighted by atomic mass is 35.5. The van der Waals surface area contributed by atoms with Gasteiger partial charge in [-0.2, -0.15) is 0 Å². The molecule has 1 fully saturated rings. The summed E-state index contributed by atoms with van der Waals surface area (Å²) in [4.78, 5) is 11.5. The number of ether oxygens (including phenoxy) is 1. The molecule has 0 spiro atoms. The van der Waals surface area contributed by atoms with Gasteiger partial charge in [-0.05, 0) is 49.4 Å². The molecule has 1 aliphatic carbocycles. The van der Waals surface area contributed by atoms with E-state index in [-0.39, 0.29) is 29.9 Å². The van der Waals surface area contributed by atoms with Crippen molar-refractivity contribution in [3.63, 3.8) is 0 Å². The summed E-state index contributed by atoms with van der Waals surface area (Å²) in [6, 6.07) is 4.85. The van der Waals surface area contributed by atoms with Gasteiger partial charge in [0.25, 0.3) is 0 Å². The molecule has 1 aromatic rings. The van der Waals surface area contributed by atoms with Crippen molar-refractivity contribution in [2.45, 2.75) is 19.3 Å². The lowest BCUT2D eigenvalue weighted by atomic mass is 10.1. The zero-order chi connectivity index (χ0) is 14.4. The van der Waals surface area contributed by atoms with E-state index in [2.05, 4.69) is 10.6 Å². The number of carbonyl (C=O) groups excluding carboxylic acids is 1. The lowest BCUT2D eigenvalue weighted by Crippen LogP contribution is -2.35. The van der Waals surface area contributed by atoms with Crippen molar-refractivity contribution in [2.75, 3.05) is 26.7 Å². The molecule has 0 aromatic heterocycles. The van der Waals surface area contributed by atoms with E-state index in [4.69, 9.17) is 4.74 Å². The highest BCUT2D eigenvalue weighted by Gasteiger charge is 2.20. The zero-order valence-electron chi connectivity index (χ0n) is 12.2. The molecule has 0 bridgehead atoms. The Balaban J connectivity index is 0.00000220. The summed E-state index contributed by atoms with van der Waals surface area (Å²) >= 11 is 0. The Hall–Kier alpha value is -1.33. The molecule has 2 N–H and O–H groups in total. The van der Waals surface area contributed by atoms with Crippen molar-refractivity contribution in [3.05, 3.63) is 29.6 Å². The Morgan fingerprint density at radius 1 is 1.43 bits per heavy atom. The number of halogens is 2. The number of hydrogen-bond acceptors (Lipinski definition) is 3. The molecule has 1 saturated carbocycles. The summed E-state index contributed by atoms with van der Waals surface area (Å²) in [5.74, 6) is 0.620. The minimum absolute atomic E-state index is 0. The van der Waals surface area contributed by atoms with Crippen LogP contribution < -0.4 is 15.4 Å². The van der Waals surface area contributed by atoms with Gasteiger partial charge >= 0.3 is 0 Å². The molecule has 0 heterocycles. The van der Waals surface area contributed by atoms with Crippen LogP contribution in [0.3, 0.4) is 0 Å². The lowest BCUT2D eigenvalue weighted by molar-refractivity contribution is -0.120. The Morgan fingerprint density at radius 3 is 2.81 bits per heavy atom. The van der Waals surface area contributed by atoms with Gasteiger partial charge in [0.05, 0.1) is 13.7 Å². The second kappa shape index (κ2) is 8.85. The maximum atomic E-state index is 13.5. The molecule has 4 nitrogen and oxygen atoms in total. The Bertz CT molecular complexity index is 467. The van der Waals surface area contributed by atoms with Crippen LogP contribution >= 0.6 is 12.4 Å². The Labute approximate surface area is 130 Å². The summed E-state index contributed by atoms with van der Waals surface area (Å²) in [6.07, 6.45) is 3.16. The number of amides is 1. The quantitative estimate of drug-likeness (QED) is 0.770. The van der Waals surface area contributed by atoms with Crippen LogP contribution in [0.25, 0.3) is 0 Å². The van der Waals surface area contributed by atoms with E-state index in [9.17, 15) is 9.18 Å². The maximum absolute atomic E-state index is 13.5. The molecule has 2 rings (SSSR count). The first-order valence-corrected chi connectivity index (χ1v) is 6.99. The van der Waals surface area contributed by atoms with E-state index < -0.39 is 0 Å². The van der Waals surface area contributed by atoms with Gasteiger partial charge in [-0.25, -0.2) is 4.39 Å². The van der Waals surface area contributed by atoms with Gasteiger partial charge in [0, 0.05) is 6.54 Å². The summed E-state index contributed by atoms with van der Waals surface area (Å²) in [5.41, 5.74) is 0.842. The van der Waals surface area contributed by atoms with Gasteiger partial charge in [-0.1, -0.05) is 6.07 Å². The molecule has 0 saturated heterocycles.